The summed E-state index contributed by atoms with van der Waals surface area (Å²) in [6.07, 6.45) is 1.65. The molecule has 3 rings (SSSR count). The molecule has 1 aliphatic rings. The van der Waals surface area contributed by atoms with Gasteiger partial charge >= 0.3 is 5.97 Å². The fourth-order valence-electron chi connectivity index (χ4n) is 4.16. The van der Waals surface area contributed by atoms with Gasteiger partial charge in [0, 0.05) is 31.9 Å². The molecule has 10 nitrogen and oxygen atoms in total. The van der Waals surface area contributed by atoms with Gasteiger partial charge in [-0.1, -0.05) is 30.3 Å². The molecule has 5 unspecified atom stereocenters. The molecule has 5 atom stereocenters. The maximum absolute atomic E-state index is 13.0. The van der Waals surface area contributed by atoms with Crippen LogP contribution in [-0.2, 0) is 30.2 Å². The largest absolute Gasteiger partial charge is 0.503 e. The van der Waals surface area contributed by atoms with Crippen molar-refractivity contribution in [2.24, 2.45) is 5.92 Å². The van der Waals surface area contributed by atoms with Crippen molar-refractivity contribution in [2.75, 3.05) is 34.0 Å². The predicted octanol–water partition coefficient (Wildman–Crippen LogP) is 2.53. The zero-order valence-electron chi connectivity index (χ0n) is 21.7. The Morgan fingerprint density at radius 2 is 1.97 bits per heavy atom. The first-order chi connectivity index (χ1) is 17.8. The van der Waals surface area contributed by atoms with Gasteiger partial charge in [0.1, 0.15) is 6.10 Å². The number of hydrogen-bond donors (Lipinski definition) is 2. The van der Waals surface area contributed by atoms with Crippen LogP contribution in [0.15, 0.2) is 42.6 Å². The Labute approximate surface area is 217 Å². The summed E-state index contributed by atoms with van der Waals surface area (Å²) in [4.78, 5) is 29.8. The van der Waals surface area contributed by atoms with E-state index in [1.165, 1.54) is 19.4 Å². The number of carbonyl (C=O) groups is 2. The van der Waals surface area contributed by atoms with Crippen LogP contribution in [0.25, 0.3) is 0 Å². The maximum Gasteiger partial charge on any atom is 0.331 e. The molecule has 0 saturated carbocycles. The first-order valence-electron chi connectivity index (χ1n) is 12.3. The average molecular weight is 517 g/mol. The highest BCUT2D eigenvalue weighted by molar-refractivity contribution is 5.98. The van der Waals surface area contributed by atoms with Crippen molar-refractivity contribution < 1.29 is 38.4 Å². The van der Waals surface area contributed by atoms with Crippen LogP contribution < -0.4 is 10.1 Å². The Bertz CT molecular complexity index is 1020. The Morgan fingerprint density at radius 1 is 1.22 bits per heavy atom. The summed E-state index contributed by atoms with van der Waals surface area (Å²) in [5, 5.41) is 12.8. The number of aromatic hydroxyl groups is 1. The van der Waals surface area contributed by atoms with E-state index in [2.05, 4.69) is 10.3 Å². The average Bonchev–Trinajstić information content (AvgIpc) is 2.94. The lowest BCUT2D eigenvalue weighted by atomic mass is 9.91. The Hall–Kier alpha value is -3.21. The van der Waals surface area contributed by atoms with E-state index in [4.69, 9.17) is 23.7 Å². The minimum atomic E-state index is -1.10. The van der Waals surface area contributed by atoms with E-state index in [-0.39, 0.29) is 36.7 Å². The molecule has 10 heteroatoms. The van der Waals surface area contributed by atoms with Crippen molar-refractivity contribution in [3.05, 3.63) is 53.9 Å². The van der Waals surface area contributed by atoms with Gasteiger partial charge in [-0.05, 0) is 32.3 Å². The summed E-state index contributed by atoms with van der Waals surface area (Å²) in [6, 6.07) is 10.3. The third-order valence-corrected chi connectivity index (χ3v) is 6.34. The van der Waals surface area contributed by atoms with Gasteiger partial charge in [0.25, 0.3) is 5.91 Å². The normalized spacial score (nSPS) is 23.2. The second kappa shape index (κ2) is 13.9. The second-order valence-electron chi connectivity index (χ2n) is 9.04. The lowest BCUT2D eigenvalue weighted by molar-refractivity contribution is -0.160. The number of rotatable bonds is 10. The molecule has 0 spiro atoms. The third kappa shape index (κ3) is 7.88. The lowest BCUT2D eigenvalue weighted by Gasteiger charge is -2.31. The number of hydrogen-bond acceptors (Lipinski definition) is 9. The molecule has 2 N–H and O–H groups in total. The number of pyridine rings is 1. The number of esters is 1. The zero-order valence-corrected chi connectivity index (χ0v) is 21.7. The summed E-state index contributed by atoms with van der Waals surface area (Å²) in [5.41, 5.74) is 0.840. The van der Waals surface area contributed by atoms with E-state index < -0.39 is 35.9 Å². The molecule has 2 heterocycles. The number of carbonyl (C=O) groups excluding carboxylic acids is 2. The second-order valence-corrected chi connectivity index (χ2v) is 9.04. The summed E-state index contributed by atoms with van der Waals surface area (Å²) in [7, 11) is 3.01. The molecule has 1 aromatic carbocycles. The Morgan fingerprint density at radius 3 is 2.68 bits per heavy atom. The van der Waals surface area contributed by atoms with Crippen molar-refractivity contribution >= 4 is 11.9 Å². The number of nitrogens with one attached hydrogen (secondary N) is 1. The molecular formula is C27H36N2O8. The SMILES string of the molecule is COc1ccnc(C(=O)NC2COCC(Cc3ccccc3)C(OCCC(C)OC)C(C)OC2=O)c1O. The molecule has 1 saturated heterocycles. The van der Waals surface area contributed by atoms with E-state index in [1.807, 2.05) is 37.3 Å². The van der Waals surface area contributed by atoms with Crippen LogP contribution >= 0.6 is 0 Å². The zero-order chi connectivity index (χ0) is 26.8. The topological polar surface area (TPSA) is 125 Å². The predicted molar refractivity (Wildman–Crippen MR) is 135 cm³/mol. The van der Waals surface area contributed by atoms with Gasteiger partial charge in [-0.2, -0.15) is 0 Å². The molecule has 1 fully saturated rings. The molecule has 0 bridgehead atoms. The van der Waals surface area contributed by atoms with Crippen molar-refractivity contribution in [3.63, 3.8) is 0 Å². The van der Waals surface area contributed by atoms with Crippen molar-refractivity contribution in [3.8, 4) is 11.5 Å². The van der Waals surface area contributed by atoms with E-state index in [9.17, 15) is 14.7 Å². The monoisotopic (exact) mass is 516 g/mol. The third-order valence-electron chi connectivity index (χ3n) is 6.34. The van der Waals surface area contributed by atoms with Gasteiger partial charge in [-0.3, -0.25) is 4.79 Å². The molecule has 37 heavy (non-hydrogen) atoms. The first-order valence-corrected chi connectivity index (χ1v) is 12.3. The standard InChI is InChI=1S/C27H36N2O8/c1-17(33-3)11-13-36-25-18(2)37-27(32)21(16-35-15-20(25)14-19-8-6-5-7-9-19)29-26(31)23-24(30)22(34-4)10-12-28-23/h5-10,12,17-18,20-21,25,30H,11,13-16H2,1-4H3,(H,29,31). The molecular weight excluding hydrogens is 480 g/mol. The highest BCUT2D eigenvalue weighted by atomic mass is 16.6. The minimum Gasteiger partial charge on any atom is -0.503 e. The Kier molecular flexibility index (Phi) is 10.7. The number of amides is 1. The molecule has 1 aliphatic heterocycles. The van der Waals surface area contributed by atoms with E-state index in [0.717, 1.165) is 5.56 Å². The highest BCUT2D eigenvalue weighted by Crippen LogP contribution is 2.28. The van der Waals surface area contributed by atoms with Gasteiger partial charge in [-0.15, -0.1) is 0 Å². The van der Waals surface area contributed by atoms with Crippen LogP contribution in [0, 0.1) is 5.92 Å². The van der Waals surface area contributed by atoms with Crippen LogP contribution in [0.2, 0.25) is 0 Å². The Balaban J connectivity index is 1.76. The number of methoxy groups -OCH3 is 2. The number of cyclic esters (lactones) is 1. The van der Waals surface area contributed by atoms with Crippen LogP contribution in [0.4, 0.5) is 0 Å². The molecule has 202 valence electrons. The van der Waals surface area contributed by atoms with E-state index >= 15 is 0 Å². The molecule has 0 radical (unpaired) electrons. The van der Waals surface area contributed by atoms with E-state index in [1.54, 1.807) is 14.0 Å². The van der Waals surface area contributed by atoms with Crippen molar-refractivity contribution in [1.82, 2.24) is 10.3 Å². The summed E-state index contributed by atoms with van der Waals surface area (Å²) < 4.78 is 28.3. The van der Waals surface area contributed by atoms with Gasteiger partial charge in [-0.25, -0.2) is 9.78 Å². The fourth-order valence-corrected chi connectivity index (χ4v) is 4.16. The summed E-state index contributed by atoms with van der Waals surface area (Å²) in [6.45, 7) is 4.34. The first kappa shape index (κ1) is 28.4. The van der Waals surface area contributed by atoms with E-state index in [0.29, 0.717) is 19.4 Å². The van der Waals surface area contributed by atoms with Gasteiger partial charge in [0.2, 0.25) is 0 Å². The van der Waals surface area contributed by atoms with Gasteiger partial charge in [0.05, 0.1) is 32.5 Å². The van der Waals surface area contributed by atoms with Crippen molar-refractivity contribution in [1.29, 1.82) is 0 Å². The quantitative estimate of drug-likeness (QED) is 0.458. The highest BCUT2D eigenvalue weighted by Gasteiger charge is 2.36. The van der Waals surface area contributed by atoms with Gasteiger partial charge in [0.15, 0.2) is 23.2 Å². The number of aromatic nitrogens is 1. The molecule has 1 amide bonds. The summed E-state index contributed by atoms with van der Waals surface area (Å²) in [5.74, 6) is -1.86. The van der Waals surface area contributed by atoms with Crippen LogP contribution in [0.3, 0.4) is 0 Å². The maximum atomic E-state index is 13.0. The smallest absolute Gasteiger partial charge is 0.331 e. The molecule has 2 aromatic rings. The lowest BCUT2D eigenvalue weighted by Crippen LogP contribution is -2.46. The number of nitrogens with zero attached hydrogens (tertiary/aromatic N) is 1. The fraction of sp³-hybridized carbons (Fsp3) is 0.519. The van der Waals surface area contributed by atoms with Crippen LogP contribution in [-0.4, -0.2) is 80.4 Å². The number of ether oxygens (including phenoxy) is 5. The van der Waals surface area contributed by atoms with Crippen molar-refractivity contribution in [2.45, 2.75) is 51.0 Å². The van der Waals surface area contributed by atoms with Gasteiger partial charge < -0.3 is 34.1 Å². The van der Waals surface area contributed by atoms with Crippen LogP contribution in [0.5, 0.6) is 11.5 Å². The number of benzene rings is 1. The molecule has 0 aliphatic carbocycles. The minimum absolute atomic E-state index is 0.0271. The molecule has 1 aromatic heterocycles. The summed E-state index contributed by atoms with van der Waals surface area (Å²) >= 11 is 0. The van der Waals surface area contributed by atoms with Crippen LogP contribution in [0.1, 0.15) is 36.3 Å².